The molecule has 0 spiro atoms. The van der Waals surface area contributed by atoms with Gasteiger partial charge in [0.15, 0.2) is 0 Å². The topological polar surface area (TPSA) is 88.3 Å². The summed E-state index contributed by atoms with van der Waals surface area (Å²) in [5.41, 5.74) is -0.113. The smallest absolute Gasteiger partial charge is 0.312 e. The number of anilines is 1. The summed E-state index contributed by atoms with van der Waals surface area (Å²) < 4.78 is 0. The Morgan fingerprint density at radius 3 is 2.78 bits per heavy atom. The van der Waals surface area contributed by atoms with Crippen LogP contribution < -0.4 is 5.32 Å². The van der Waals surface area contributed by atoms with Gasteiger partial charge in [0.2, 0.25) is 5.82 Å². The van der Waals surface area contributed by atoms with E-state index < -0.39 is 4.92 Å². The van der Waals surface area contributed by atoms with Crippen molar-refractivity contribution in [3.8, 4) is 0 Å². The normalized spacial score (nSPS) is 10.3. The van der Waals surface area contributed by atoms with Gasteiger partial charge in [0.05, 0.1) is 9.95 Å². The second-order valence-electron chi connectivity index (χ2n) is 3.84. The van der Waals surface area contributed by atoms with E-state index in [1.54, 1.807) is 0 Å². The Kier molecular flexibility index (Phi) is 6.38. The number of hydrogen-bond acceptors (Lipinski definition) is 5. The second kappa shape index (κ2) is 7.84. The average molecular weight is 274 g/mol. The molecule has 0 amide bonds. The van der Waals surface area contributed by atoms with Gasteiger partial charge in [0.25, 0.3) is 0 Å². The molecule has 2 N–H and O–H groups in total. The molecule has 0 bridgehead atoms. The number of nitrogens with one attached hydrogen (secondary N) is 1. The lowest BCUT2D eigenvalue weighted by atomic mass is 10.2. The maximum absolute atomic E-state index is 10.8. The fraction of sp³-hybridized carbons (Fsp3) is 0.545. The second-order valence-corrected chi connectivity index (χ2v) is 4.28. The summed E-state index contributed by atoms with van der Waals surface area (Å²) in [4.78, 5) is 14.2. The summed E-state index contributed by atoms with van der Waals surface area (Å²) in [6, 6.07) is 1.28. The molecule has 1 rings (SSSR count). The molecule has 0 atom stereocenters. The minimum absolute atomic E-state index is 0.113. The quantitative estimate of drug-likeness (QED) is 0.432. The SMILES string of the molecule is O=[N+]([O-])c1cc(Cl)cnc1NCCCCCCO. The van der Waals surface area contributed by atoms with Gasteiger partial charge in [-0.15, -0.1) is 0 Å². The summed E-state index contributed by atoms with van der Waals surface area (Å²) in [5, 5.41) is 22.6. The maximum atomic E-state index is 10.8. The first-order valence-electron chi connectivity index (χ1n) is 5.80. The van der Waals surface area contributed by atoms with Crippen molar-refractivity contribution in [1.29, 1.82) is 0 Å². The molecule has 1 heterocycles. The van der Waals surface area contributed by atoms with Crippen molar-refractivity contribution in [3.05, 3.63) is 27.4 Å². The number of aliphatic hydroxyl groups excluding tert-OH is 1. The van der Waals surface area contributed by atoms with Gasteiger partial charge in [-0.25, -0.2) is 4.98 Å². The van der Waals surface area contributed by atoms with E-state index in [0.29, 0.717) is 6.54 Å². The van der Waals surface area contributed by atoms with Gasteiger partial charge < -0.3 is 10.4 Å². The Morgan fingerprint density at radius 1 is 1.39 bits per heavy atom. The van der Waals surface area contributed by atoms with Crippen LogP contribution in [0.4, 0.5) is 11.5 Å². The van der Waals surface area contributed by atoms with E-state index in [9.17, 15) is 10.1 Å². The number of aromatic nitrogens is 1. The van der Waals surface area contributed by atoms with Gasteiger partial charge in [-0.3, -0.25) is 10.1 Å². The molecule has 0 radical (unpaired) electrons. The number of halogens is 1. The molecular weight excluding hydrogens is 258 g/mol. The van der Waals surface area contributed by atoms with E-state index in [1.807, 2.05) is 0 Å². The molecule has 0 fully saturated rings. The van der Waals surface area contributed by atoms with Crippen molar-refractivity contribution in [2.45, 2.75) is 25.7 Å². The van der Waals surface area contributed by atoms with E-state index in [2.05, 4.69) is 10.3 Å². The minimum atomic E-state index is -0.507. The fourth-order valence-electron chi connectivity index (χ4n) is 1.50. The molecule has 6 nitrogen and oxygen atoms in total. The van der Waals surface area contributed by atoms with Crippen molar-refractivity contribution < 1.29 is 10.0 Å². The third-order valence-corrected chi connectivity index (χ3v) is 2.61. The monoisotopic (exact) mass is 273 g/mol. The number of hydrogen-bond donors (Lipinski definition) is 2. The van der Waals surface area contributed by atoms with Crippen molar-refractivity contribution >= 4 is 23.1 Å². The van der Waals surface area contributed by atoms with Crippen LogP contribution in [0.2, 0.25) is 5.02 Å². The van der Waals surface area contributed by atoms with Crippen LogP contribution in [0.15, 0.2) is 12.3 Å². The molecule has 1 aromatic heterocycles. The highest BCUT2D eigenvalue weighted by Gasteiger charge is 2.15. The first-order valence-corrected chi connectivity index (χ1v) is 6.17. The lowest BCUT2D eigenvalue weighted by molar-refractivity contribution is -0.384. The highest BCUT2D eigenvalue weighted by molar-refractivity contribution is 6.30. The molecule has 0 unspecified atom stereocenters. The van der Waals surface area contributed by atoms with Crippen molar-refractivity contribution in [2.75, 3.05) is 18.5 Å². The number of rotatable bonds is 8. The first-order chi connectivity index (χ1) is 8.65. The third-order valence-electron chi connectivity index (χ3n) is 2.41. The number of aliphatic hydroxyl groups is 1. The highest BCUT2D eigenvalue weighted by Crippen LogP contribution is 2.24. The van der Waals surface area contributed by atoms with Crippen molar-refractivity contribution in [2.24, 2.45) is 0 Å². The van der Waals surface area contributed by atoms with E-state index in [1.165, 1.54) is 12.3 Å². The molecule has 0 saturated heterocycles. The molecule has 100 valence electrons. The van der Waals surface area contributed by atoms with Crippen LogP contribution >= 0.6 is 11.6 Å². The first kappa shape index (κ1) is 14.7. The highest BCUT2D eigenvalue weighted by atomic mass is 35.5. The van der Waals surface area contributed by atoms with Crippen LogP contribution in [-0.2, 0) is 0 Å². The fourth-order valence-corrected chi connectivity index (χ4v) is 1.65. The van der Waals surface area contributed by atoms with Gasteiger partial charge in [-0.1, -0.05) is 24.4 Å². The number of pyridine rings is 1. The molecule has 0 aliphatic carbocycles. The Bertz CT molecular complexity index is 401. The Balaban J connectivity index is 2.44. The van der Waals surface area contributed by atoms with Crippen LogP contribution in [0.1, 0.15) is 25.7 Å². The van der Waals surface area contributed by atoms with Crippen molar-refractivity contribution in [1.82, 2.24) is 4.98 Å². The maximum Gasteiger partial charge on any atom is 0.312 e. The molecule has 0 aliphatic heterocycles. The van der Waals surface area contributed by atoms with E-state index in [4.69, 9.17) is 16.7 Å². The Hall–Kier alpha value is -1.40. The van der Waals surface area contributed by atoms with Gasteiger partial charge >= 0.3 is 5.69 Å². The lowest BCUT2D eigenvalue weighted by Crippen LogP contribution is -2.06. The Labute approximate surface area is 110 Å². The zero-order chi connectivity index (χ0) is 13.4. The molecule has 0 aliphatic rings. The predicted molar refractivity (Wildman–Crippen MR) is 69.9 cm³/mol. The van der Waals surface area contributed by atoms with Crippen molar-refractivity contribution in [3.63, 3.8) is 0 Å². The zero-order valence-electron chi connectivity index (χ0n) is 9.93. The third kappa shape index (κ3) is 4.85. The van der Waals surface area contributed by atoms with Crippen LogP contribution in [0.5, 0.6) is 0 Å². The molecule has 0 saturated carbocycles. The van der Waals surface area contributed by atoms with Crippen LogP contribution in [-0.4, -0.2) is 28.2 Å². The predicted octanol–water partition coefficient (Wildman–Crippen LogP) is 2.61. The van der Waals surface area contributed by atoms with Gasteiger partial charge in [0.1, 0.15) is 0 Å². The zero-order valence-corrected chi connectivity index (χ0v) is 10.7. The molecular formula is C11H16ClN3O3. The molecule has 0 aromatic carbocycles. The molecule has 1 aromatic rings. The summed E-state index contributed by atoms with van der Waals surface area (Å²) in [7, 11) is 0. The largest absolute Gasteiger partial charge is 0.396 e. The Morgan fingerprint density at radius 2 is 2.11 bits per heavy atom. The van der Waals surface area contributed by atoms with Crippen LogP contribution in [0, 0.1) is 10.1 Å². The standard InChI is InChI=1S/C11H16ClN3O3/c12-9-7-10(15(17)18)11(14-8-9)13-5-3-1-2-4-6-16/h7-8,16H,1-6H2,(H,13,14). The van der Waals surface area contributed by atoms with Crippen LogP contribution in [0.25, 0.3) is 0 Å². The number of nitro groups is 1. The summed E-state index contributed by atoms with van der Waals surface area (Å²) >= 11 is 5.66. The lowest BCUT2D eigenvalue weighted by Gasteiger charge is -2.06. The summed E-state index contributed by atoms with van der Waals surface area (Å²) in [6.45, 7) is 0.818. The number of unbranched alkanes of at least 4 members (excludes halogenated alkanes) is 3. The minimum Gasteiger partial charge on any atom is -0.396 e. The molecule has 18 heavy (non-hydrogen) atoms. The summed E-state index contributed by atoms with van der Waals surface area (Å²) in [6.07, 6.45) is 4.96. The van der Waals surface area contributed by atoms with Gasteiger partial charge in [-0.2, -0.15) is 0 Å². The summed E-state index contributed by atoms with van der Waals surface area (Å²) in [5.74, 6) is 0.242. The van der Waals surface area contributed by atoms with E-state index in [-0.39, 0.29) is 23.1 Å². The van der Waals surface area contributed by atoms with E-state index >= 15 is 0 Å². The van der Waals surface area contributed by atoms with Gasteiger partial charge in [0, 0.05) is 25.4 Å². The van der Waals surface area contributed by atoms with Gasteiger partial charge in [-0.05, 0) is 12.8 Å². The average Bonchev–Trinajstić information content (AvgIpc) is 2.35. The molecule has 7 heteroatoms. The van der Waals surface area contributed by atoms with Crippen LogP contribution in [0.3, 0.4) is 0 Å². The number of nitrogens with zero attached hydrogens (tertiary/aromatic N) is 2. The van der Waals surface area contributed by atoms with E-state index in [0.717, 1.165) is 25.7 Å².